The van der Waals surface area contributed by atoms with E-state index in [1.54, 1.807) is 0 Å². The molecule has 2 rings (SSSR count). The molecule has 1 aromatic rings. The van der Waals surface area contributed by atoms with Crippen molar-refractivity contribution in [3.05, 3.63) is 29.2 Å². The van der Waals surface area contributed by atoms with Crippen molar-refractivity contribution >= 4 is 17.4 Å². The van der Waals surface area contributed by atoms with Crippen molar-refractivity contribution in [3.8, 4) is 0 Å². The minimum atomic E-state index is 0.304. The molecule has 1 N–H and O–H groups in total. The van der Waals surface area contributed by atoms with Crippen molar-refractivity contribution in [2.24, 2.45) is 0 Å². The van der Waals surface area contributed by atoms with Gasteiger partial charge in [-0.05, 0) is 31.4 Å². The van der Waals surface area contributed by atoms with Crippen LogP contribution < -0.4 is 5.32 Å². The van der Waals surface area contributed by atoms with Gasteiger partial charge in [0.05, 0.1) is 0 Å². The summed E-state index contributed by atoms with van der Waals surface area (Å²) >= 11 is 5.76. The van der Waals surface area contributed by atoms with Crippen LogP contribution in [0.5, 0.6) is 0 Å². The standard InChI is InChI=1S/C10H12ClN3/c1-7-6-9(14-10(11)12-7)13-8-4-2-3-5-8/h2-3,6,8H,4-5H2,1H3,(H,12,13,14). The minimum absolute atomic E-state index is 0.304. The minimum Gasteiger partial charge on any atom is -0.367 e. The van der Waals surface area contributed by atoms with E-state index in [-0.39, 0.29) is 0 Å². The topological polar surface area (TPSA) is 37.8 Å². The molecule has 0 aliphatic heterocycles. The van der Waals surface area contributed by atoms with E-state index in [0.29, 0.717) is 11.3 Å². The molecule has 0 saturated heterocycles. The summed E-state index contributed by atoms with van der Waals surface area (Å²) in [5, 5.41) is 3.63. The quantitative estimate of drug-likeness (QED) is 0.601. The third-order valence-electron chi connectivity index (χ3n) is 2.19. The molecule has 0 fully saturated rings. The number of nitrogens with one attached hydrogen (secondary N) is 1. The number of aryl methyl sites for hydroxylation is 1. The maximum atomic E-state index is 5.76. The van der Waals surface area contributed by atoms with Crippen LogP contribution in [0.4, 0.5) is 5.82 Å². The fourth-order valence-corrected chi connectivity index (χ4v) is 1.77. The van der Waals surface area contributed by atoms with E-state index in [2.05, 4.69) is 27.4 Å². The molecule has 0 amide bonds. The number of aromatic nitrogens is 2. The van der Waals surface area contributed by atoms with Gasteiger partial charge in [0, 0.05) is 17.8 Å². The monoisotopic (exact) mass is 209 g/mol. The van der Waals surface area contributed by atoms with Crippen LogP contribution in [0.25, 0.3) is 0 Å². The molecule has 1 aromatic heterocycles. The van der Waals surface area contributed by atoms with Gasteiger partial charge in [0.15, 0.2) is 0 Å². The van der Waals surface area contributed by atoms with E-state index in [4.69, 9.17) is 11.6 Å². The number of hydrogen-bond acceptors (Lipinski definition) is 3. The summed E-state index contributed by atoms with van der Waals surface area (Å²) in [4.78, 5) is 8.12. The molecule has 0 radical (unpaired) electrons. The van der Waals surface area contributed by atoms with Crippen LogP contribution in [0, 0.1) is 6.92 Å². The normalized spacial score (nSPS) is 16.1. The fraction of sp³-hybridized carbons (Fsp3) is 0.400. The average molecular weight is 210 g/mol. The highest BCUT2D eigenvalue weighted by Crippen LogP contribution is 2.16. The van der Waals surface area contributed by atoms with Crippen molar-refractivity contribution in [1.29, 1.82) is 0 Å². The number of rotatable bonds is 2. The van der Waals surface area contributed by atoms with Crippen molar-refractivity contribution in [2.45, 2.75) is 25.8 Å². The Labute approximate surface area is 88.2 Å². The summed E-state index contributed by atoms with van der Waals surface area (Å²) in [5.41, 5.74) is 0.887. The zero-order valence-electron chi connectivity index (χ0n) is 8.00. The Morgan fingerprint density at radius 2 is 2.07 bits per heavy atom. The number of hydrogen-bond donors (Lipinski definition) is 1. The van der Waals surface area contributed by atoms with Gasteiger partial charge in [0.2, 0.25) is 5.28 Å². The van der Waals surface area contributed by atoms with Crippen LogP contribution in [0.1, 0.15) is 18.5 Å². The molecular weight excluding hydrogens is 198 g/mol. The smallest absolute Gasteiger partial charge is 0.224 e. The third kappa shape index (κ3) is 2.23. The van der Waals surface area contributed by atoms with Gasteiger partial charge in [-0.1, -0.05) is 12.2 Å². The molecule has 1 heterocycles. The molecule has 14 heavy (non-hydrogen) atoms. The van der Waals surface area contributed by atoms with E-state index in [9.17, 15) is 0 Å². The van der Waals surface area contributed by atoms with Crippen LogP contribution in [0.15, 0.2) is 18.2 Å². The maximum Gasteiger partial charge on any atom is 0.224 e. The molecular formula is C10H12ClN3. The van der Waals surface area contributed by atoms with Crippen LogP contribution >= 0.6 is 11.6 Å². The zero-order chi connectivity index (χ0) is 9.97. The summed E-state index contributed by atoms with van der Waals surface area (Å²) < 4.78 is 0. The maximum absolute atomic E-state index is 5.76. The highest BCUT2D eigenvalue weighted by Gasteiger charge is 2.10. The summed E-state index contributed by atoms with van der Waals surface area (Å²) in [6, 6.07) is 2.37. The molecule has 0 aromatic carbocycles. The van der Waals surface area contributed by atoms with Gasteiger partial charge in [-0.2, -0.15) is 0 Å². The molecule has 0 atom stereocenters. The second-order valence-electron chi connectivity index (χ2n) is 3.45. The molecule has 74 valence electrons. The first-order valence-corrected chi connectivity index (χ1v) is 5.04. The number of anilines is 1. The Morgan fingerprint density at radius 3 is 2.71 bits per heavy atom. The molecule has 3 nitrogen and oxygen atoms in total. The lowest BCUT2D eigenvalue weighted by Gasteiger charge is -2.12. The lowest BCUT2D eigenvalue weighted by atomic mass is 10.2. The van der Waals surface area contributed by atoms with Crippen LogP contribution in [0.2, 0.25) is 5.28 Å². The zero-order valence-corrected chi connectivity index (χ0v) is 8.75. The Kier molecular flexibility index (Phi) is 2.68. The summed E-state index contributed by atoms with van der Waals surface area (Å²) in [5.74, 6) is 0.816. The van der Waals surface area contributed by atoms with Gasteiger partial charge >= 0.3 is 0 Å². The van der Waals surface area contributed by atoms with E-state index >= 15 is 0 Å². The fourth-order valence-electron chi connectivity index (χ4n) is 1.55. The molecule has 0 saturated carbocycles. The van der Waals surface area contributed by atoms with Gasteiger partial charge in [0.25, 0.3) is 0 Å². The van der Waals surface area contributed by atoms with E-state index < -0.39 is 0 Å². The van der Waals surface area contributed by atoms with Crippen LogP contribution in [0.3, 0.4) is 0 Å². The van der Waals surface area contributed by atoms with Gasteiger partial charge in [-0.15, -0.1) is 0 Å². The molecule has 0 spiro atoms. The third-order valence-corrected chi connectivity index (χ3v) is 2.36. The highest BCUT2D eigenvalue weighted by atomic mass is 35.5. The van der Waals surface area contributed by atoms with E-state index in [1.165, 1.54) is 0 Å². The average Bonchev–Trinajstić information content (AvgIpc) is 2.54. The van der Waals surface area contributed by atoms with Gasteiger partial charge in [-0.3, -0.25) is 0 Å². The second-order valence-corrected chi connectivity index (χ2v) is 3.79. The summed E-state index contributed by atoms with van der Waals surface area (Å²) in [7, 11) is 0. The van der Waals surface area contributed by atoms with E-state index in [0.717, 1.165) is 24.4 Å². The lowest BCUT2D eigenvalue weighted by molar-refractivity contribution is 0.779. The molecule has 1 aliphatic carbocycles. The molecule has 4 heteroatoms. The van der Waals surface area contributed by atoms with Crippen molar-refractivity contribution in [2.75, 3.05) is 5.32 Å². The lowest BCUT2D eigenvalue weighted by Crippen LogP contribution is -2.16. The Morgan fingerprint density at radius 1 is 1.36 bits per heavy atom. The van der Waals surface area contributed by atoms with Crippen molar-refractivity contribution in [1.82, 2.24) is 9.97 Å². The highest BCUT2D eigenvalue weighted by molar-refractivity contribution is 6.28. The van der Waals surface area contributed by atoms with Crippen molar-refractivity contribution in [3.63, 3.8) is 0 Å². The number of halogens is 1. The van der Waals surface area contributed by atoms with Gasteiger partial charge < -0.3 is 5.32 Å². The molecule has 0 bridgehead atoms. The first-order valence-electron chi connectivity index (χ1n) is 4.67. The van der Waals surface area contributed by atoms with E-state index in [1.807, 2.05) is 13.0 Å². The van der Waals surface area contributed by atoms with Crippen LogP contribution in [-0.2, 0) is 0 Å². The summed E-state index contributed by atoms with van der Waals surface area (Å²) in [6.45, 7) is 1.91. The Balaban J connectivity index is 2.08. The van der Waals surface area contributed by atoms with Crippen molar-refractivity contribution < 1.29 is 0 Å². The van der Waals surface area contributed by atoms with Gasteiger partial charge in [-0.25, -0.2) is 9.97 Å². The van der Waals surface area contributed by atoms with Crippen LogP contribution in [-0.4, -0.2) is 16.0 Å². The predicted octanol–water partition coefficient (Wildman–Crippen LogP) is 2.57. The first kappa shape index (κ1) is 9.46. The van der Waals surface area contributed by atoms with Gasteiger partial charge in [0.1, 0.15) is 5.82 Å². The number of nitrogens with zero attached hydrogens (tertiary/aromatic N) is 2. The largest absolute Gasteiger partial charge is 0.367 e. The first-order chi connectivity index (χ1) is 6.74. The summed E-state index contributed by atoms with van der Waals surface area (Å²) in [6.07, 6.45) is 6.46. The molecule has 0 unspecified atom stereocenters. The second kappa shape index (κ2) is 3.96. The predicted molar refractivity (Wildman–Crippen MR) is 57.6 cm³/mol. The SMILES string of the molecule is Cc1cc(NC2CC=CC2)nc(Cl)n1. The Bertz CT molecular complexity index is 334. The Hall–Kier alpha value is -1.09. The molecule has 1 aliphatic rings.